The average molecular weight is 526 g/mol. The Morgan fingerprint density at radius 3 is 2.65 bits per heavy atom. The third-order valence-corrected chi connectivity index (χ3v) is 6.60. The first-order chi connectivity index (χ1) is 17.6. The molecule has 1 aromatic heterocycles. The van der Waals surface area contributed by atoms with Crippen LogP contribution in [0.2, 0.25) is 5.02 Å². The first-order valence-electron chi connectivity index (χ1n) is 11.6. The van der Waals surface area contributed by atoms with Gasteiger partial charge in [-0.05, 0) is 36.2 Å². The van der Waals surface area contributed by atoms with E-state index in [1.54, 1.807) is 18.3 Å². The van der Waals surface area contributed by atoms with Gasteiger partial charge in [0.15, 0.2) is 0 Å². The van der Waals surface area contributed by atoms with Gasteiger partial charge < -0.3 is 15.0 Å². The maximum Gasteiger partial charge on any atom is 0.416 e. The monoisotopic (exact) mass is 525 g/mol. The van der Waals surface area contributed by atoms with E-state index in [1.807, 2.05) is 49.3 Å². The molecule has 0 radical (unpaired) electrons. The molecule has 0 aliphatic carbocycles. The first kappa shape index (κ1) is 24.9. The minimum Gasteiger partial charge on any atom is -0.493 e. The number of anilines is 2. The Morgan fingerprint density at radius 2 is 1.89 bits per heavy atom. The van der Waals surface area contributed by atoms with Gasteiger partial charge in [0, 0.05) is 35.6 Å². The van der Waals surface area contributed by atoms with Crippen molar-refractivity contribution in [1.82, 2.24) is 4.98 Å². The van der Waals surface area contributed by atoms with Crippen molar-refractivity contribution in [3.05, 3.63) is 83.0 Å². The number of benzene rings is 3. The van der Waals surface area contributed by atoms with Gasteiger partial charge >= 0.3 is 6.18 Å². The molecule has 1 atom stereocenters. The van der Waals surface area contributed by atoms with Crippen molar-refractivity contribution in [1.29, 1.82) is 0 Å². The lowest BCUT2D eigenvalue weighted by Crippen LogP contribution is -2.27. The van der Waals surface area contributed by atoms with Crippen molar-refractivity contribution in [3.63, 3.8) is 0 Å². The number of hydrogen-bond donors (Lipinski definition) is 1. The molecule has 37 heavy (non-hydrogen) atoms. The second-order valence-electron chi connectivity index (χ2n) is 9.06. The number of pyridine rings is 1. The topological polar surface area (TPSA) is 54.5 Å². The summed E-state index contributed by atoms with van der Waals surface area (Å²) in [6, 6.07) is 16.2. The highest BCUT2D eigenvalue weighted by molar-refractivity contribution is 6.31. The lowest BCUT2D eigenvalue weighted by molar-refractivity contribution is -0.137. The van der Waals surface area contributed by atoms with Crippen LogP contribution in [0.15, 0.2) is 66.9 Å². The number of aromatic nitrogens is 1. The highest BCUT2D eigenvalue weighted by Crippen LogP contribution is 2.41. The molecule has 190 valence electrons. The highest BCUT2D eigenvalue weighted by atomic mass is 35.5. The number of nitrogens with zero attached hydrogens (tertiary/aromatic N) is 2. The summed E-state index contributed by atoms with van der Waals surface area (Å²) in [4.78, 5) is 19.8. The number of para-hydroxylation sites is 2. The number of hydrogen-bond acceptors (Lipinski definition) is 4. The van der Waals surface area contributed by atoms with Crippen LogP contribution in [0, 0.1) is 0 Å². The molecule has 5 rings (SSSR count). The third-order valence-electron chi connectivity index (χ3n) is 6.39. The van der Waals surface area contributed by atoms with E-state index in [4.69, 9.17) is 16.3 Å². The van der Waals surface area contributed by atoms with E-state index >= 15 is 0 Å². The van der Waals surface area contributed by atoms with Crippen LogP contribution in [0.1, 0.15) is 23.5 Å². The zero-order valence-electron chi connectivity index (χ0n) is 20.1. The van der Waals surface area contributed by atoms with Crippen LogP contribution in [0.4, 0.5) is 24.5 Å². The normalized spacial score (nSPS) is 15.1. The minimum absolute atomic E-state index is 0.0183. The van der Waals surface area contributed by atoms with Gasteiger partial charge in [-0.1, -0.05) is 48.0 Å². The Kier molecular flexibility index (Phi) is 6.45. The van der Waals surface area contributed by atoms with E-state index < -0.39 is 11.7 Å². The second-order valence-corrected chi connectivity index (χ2v) is 9.50. The van der Waals surface area contributed by atoms with Crippen molar-refractivity contribution < 1.29 is 22.7 Å². The van der Waals surface area contributed by atoms with Gasteiger partial charge in [-0.25, -0.2) is 0 Å². The number of ether oxygens (including phenoxy) is 1. The van der Waals surface area contributed by atoms with Gasteiger partial charge in [0.2, 0.25) is 5.91 Å². The summed E-state index contributed by atoms with van der Waals surface area (Å²) < 4.78 is 46.0. The van der Waals surface area contributed by atoms with E-state index in [0.29, 0.717) is 52.2 Å². The molecule has 2 heterocycles. The van der Waals surface area contributed by atoms with Crippen molar-refractivity contribution in [2.75, 3.05) is 30.9 Å². The zero-order chi connectivity index (χ0) is 26.3. The van der Waals surface area contributed by atoms with Gasteiger partial charge in [0.1, 0.15) is 5.75 Å². The molecule has 0 fully saturated rings. The van der Waals surface area contributed by atoms with Crippen LogP contribution in [-0.2, 0) is 11.0 Å². The van der Waals surface area contributed by atoms with Crippen molar-refractivity contribution in [2.45, 2.75) is 18.5 Å². The molecule has 3 aromatic carbocycles. The SMILES string of the molecule is CN(C)c1c(NC(=O)[C@H]2CCOc3ccccc32)cnc2c(-c3cc(Cl)cc(C(F)(F)F)c3)cccc12. The van der Waals surface area contributed by atoms with E-state index in [0.717, 1.165) is 17.7 Å². The van der Waals surface area contributed by atoms with Gasteiger partial charge in [0.05, 0.1) is 41.2 Å². The second kappa shape index (κ2) is 9.59. The molecule has 0 saturated heterocycles. The molecule has 1 aliphatic heterocycles. The number of amides is 1. The molecule has 1 amide bonds. The number of nitrogens with one attached hydrogen (secondary N) is 1. The first-order valence-corrected chi connectivity index (χ1v) is 12.0. The predicted octanol–water partition coefficient (Wildman–Crippen LogP) is 7.14. The predicted molar refractivity (Wildman–Crippen MR) is 139 cm³/mol. The molecular formula is C28H23ClF3N3O2. The Morgan fingerprint density at radius 1 is 1.11 bits per heavy atom. The lowest BCUT2D eigenvalue weighted by Gasteiger charge is -2.26. The van der Waals surface area contributed by atoms with Crippen LogP contribution in [0.25, 0.3) is 22.0 Å². The smallest absolute Gasteiger partial charge is 0.416 e. The maximum atomic E-state index is 13.4. The van der Waals surface area contributed by atoms with Gasteiger partial charge in [-0.15, -0.1) is 0 Å². The van der Waals surface area contributed by atoms with Crippen LogP contribution in [0.3, 0.4) is 0 Å². The molecule has 1 N–H and O–H groups in total. The molecule has 0 unspecified atom stereocenters. The number of carbonyl (C=O) groups is 1. The molecule has 0 spiro atoms. The summed E-state index contributed by atoms with van der Waals surface area (Å²) in [5, 5.41) is 3.69. The Labute approximate surface area is 216 Å². The summed E-state index contributed by atoms with van der Waals surface area (Å²) in [7, 11) is 3.67. The van der Waals surface area contributed by atoms with Gasteiger partial charge in [0.25, 0.3) is 0 Å². The lowest BCUT2D eigenvalue weighted by atomic mass is 9.92. The highest BCUT2D eigenvalue weighted by Gasteiger charge is 2.32. The number of rotatable bonds is 4. The minimum atomic E-state index is -4.54. The summed E-state index contributed by atoms with van der Waals surface area (Å²) in [5.74, 6) is 0.137. The summed E-state index contributed by atoms with van der Waals surface area (Å²) >= 11 is 6.05. The third kappa shape index (κ3) is 4.81. The molecule has 9 heteroatoms. The Balaban J connectivity index is 1.57. The van der Waals surface area contributed by atoms with Gasteiger partial charge in [-0.3, -0.25) is 9.78 Å². The fraction of sp³-hybridized carbons (Fsp3) is 0.214. The zero-order valence-corrected chi connectivity index (χ0v) is 20.8. The van der Waals surface area contributed by atoms with Crippen LogP contribution in [0.5, 0.6) is 5.75 Å². The summed E-state index contributed by atoms with van der Waals surface area (Å²) in [6.45, 7) is 0.439. The van der Waals surface area contributed by atoms with Crippen molar-refractivity contribution >= 4 is 39.8 Å². The summed E-state index contributed by atoms with van der Waals surface area (Å²) in [6.07, 6.45) is -2.45. The van der Waals surface area contributed by atoms with Crippen molar-refractivity contribution in [2.24, 2.45) is 0 Å². The fourth-order valence-electron chi connectivity index (χ4n) is 4.76. The van der Waals surface area contributed by atoms with Crippen LogP contribution < -0.4 is 15.0 Å². The maximum absolute atomic E-state index is 13.4. The number of alkyl halides is 3. The van der Waals surface area contributed by atoms with E-state index in [-0.39, 0.29) is 16.8 Å². The standard InChI is InChI=1S/C28H23ClF3N3O2/c1-35(2)26-22-8-5-7-19(16-12-17(28(30,31)32)14-18(29)13-16)25(22)33-15-23(26)34-27(36)21-10-11-37-24-9-4-3-6-20(21)24/h3-9,12-15,21H,10-11H2,1-2H3,(H,34,36)/t21-/m0/s1. The number of carbonyl (C=O) groups excluding carboxylic acids is 1. The average Bonchev–Trinajstić information content (AvgIpc) is 2.86. The molecule has 0 bridgehead atoms. The largest absolute Gasteiger partial charge is 0.493 e. The van der Waals surface area contributed by atoms with Gasteiger partial charge in [-0.2, -0.15) is 13.2 Å². The molecular weight excluding hydrogens is 503 g/mol. The molecule has 0 saturated carbocycles. The Hall–Kier alpha value is -3.78. The fourth-order valence-corrected chi connectivity index (χ4v) is 4.99. The van der Waals surface area contributed by atoms with Crippen LogP contribution in [-0.4, -0.2) is 31.6 Å². The molecule has 5 nitrogen and oxygen atoms in total. The quantitative estimate of drug-likeness (QED) is 0.307. The van der Waals surface area contributed by atoms with Crippen molar-refractivity contribution in [3.8, 4) is 16.9 Å². The van der Waals surface area contributed by atoms with Crippen LogP contribution >= 0.6 is 11.6 Å². The van der Waals surface area contributed by atoms with E-state index in [9.17, 15) is 18.0 Å². The van der Waals surface area contributed by atoms with E-state index in [2.05, 4.69) is 10.3 Å². The Bertz CT molecular complexity index is 1500. The molecule has 4 aromatic rings. The molecule has 1 aliphatic rings. The number of halogens is 4. The number of fused-ring (bicyclic) bond motifs is 2. The van der Waals surface area contributed by atoms with E-state index in [1.165, 1.54) is 6.07 Å². The summed E-state index contributed by atoms with van der Waals surface area (Å²) in [5.41, 5.74) is 2.50.